The summed E-state index contributed by atoms with van der Waals surface area (Å²) in [6.45, 7) is 4.88. The second-order valence-corrected chi connectivity index (χ2v) is 10.1. The molecule has 1 fully saturated rings. The molecule has 188 valence electrons. The molecule has 0 radical (unpaired) electrons. The number of halogens is 2. The first-order valence-corrected chi connectivity index (χ1v) is 12.9. The Labute approximate surface area is 219 Å². The Morgan fingerprint density at radius 1 is 1.43 bits per heavy atom. The number of aromatic amines is 1. The molecule has 1 aliphatic heterocycles. The van der Waals surface area contributed by atoms with Crippen molar-refractivity contribution in [2.24, 2.45) is 7.05 Å². The van der Waals surface area contributed by atoms with Crippen LogP contribution in [0, 0.1) is 6.92 Å². The Morgan fingerprint density at radius 3 is 2.80 bits per heavy atom. The smallest absolute Gasteiger partial charge is 0.350 e. The van der Waals surface area contributed by atoms with Crippen LogP contribution in [0.3, 0.4) is 0 Å². The number of carbonyl (C=O) groups excluding carboxylic acids is 2. The highest BCUT2D eigenvalue weighted by atomic mass is 79.9. The maximum atomic E-state index is 12.9. The molecule has 1 amide bonds. The number of amides is 1. The molecule has 0 aromatic carbocycles. The van der Waals surface area contributed by atoms with Gasteiger partial charge in [0.25, 0.3) is 5.91 Å². The molecular formula is C21H25BrClN7O4S. The van der Waals surface area contributed by atoms with Gasteiger partial charge in [-0.25, -0.2) is 19.4 Å². The lowest BCUT2D eigenvalue weighted by atomic mass is 10.0. The molecule has 35 heavy (non-hydrogen) atoms. The standard InChI is InChI=1S/C21H25BrClN7O4S/c1-5-34-20(32)17-16(18-24-9-25-29(18)3)28-21(35-17)30-7-6-11(12(8-30)33-4)27-19(31)15-13(22)14(23)10(2)26-15/h9,11-12,26H,5-8H2,1-4H3,(H,27,31)/t11-,12+/m1/s1. The van der Waals surface area contributed by atoms with Crippen LogP contribution in [0.2, 0.25) is 5.02 Å². The SMILES string of the molecule is CCOC(=O)c1sc(N2CC[C@@H](NC(=O)c3[nH]c(C)c(Cl)c3Br)[C@@H](OC)C2)nc1-c1ncnn1C. The van der Waals surface area contributed by atoms with Gasteiger partial charge < -0.3 is 24.7 Å². The molecule has 11 nitrogen and oxygen atoms in total. The predicted molar refractivity (Wildman–Crippen MR) is 135 cm³/mol. The van der Waals surface area contributed by atoms with E-state index in [2.05, 4.69) is 36.3 Å². The van der Waals surface area contributed by atoms with Crippen LogP contribution in [0.25, 0.3) is 11.5 Å². The fourth-order valence-electron chi connectivity index (χ4n) is 3.90. The maximum Gasteiger partial charge on any atom is 0.350 e. The molecule has 0 aliphatic carbocycles. The van der Waals surface area contributed by atoms with E-state index in [1.807, 2.05) is 4.90 Å². The molecule has 14 heteroatoms. The summed E-state index contributed by atoms with van der Waals surface area (Å²) in [5.74, 6) is -0.243. The lowest BCUT2D eigenvalue weighted by molar-refractivity contribution is 0.0531. The van der Waals surface area contributed by atoms with E-state index in [-0.39, 0.29) is 24.7 Å². The van der Waals surface area contributed by atoms with Gasteiger partial charge in [-0.15, -0.1) is 0 Å². The van der Waals surface area contributed by atoms with Crippen LogP contribution in [0.15, 0.2) is 10.8 Å². The quantitative estimate of drug-likeness (QED) is 0.404. The van der Waals surface area contributed by atoms with Crippen molar-refractivity contribution in [2.45, 2.75) is 32.4 Å². The first kappa shape index (κ1) is 25.6. The molecule has 1 saturated heterocycles. The summed E-state index contributed by atoms with van der Waals surface area (Å²) in [6, 6.07) is -0.222. The summed E-state index contributed by atoms with van der Waals surface area (Å²) in [6.07, 6.45) is 1.73. The second kappa shape index (κ2) is 10.6. The second-order valence-electron chi connectivity index (χ2n) is 7.94. The zero-order chi connectivity index (χ0) is 25.3. The van der Waals surface area contributed by atoms with Gasteiger partial charge in [-0.05, 0) is 36.2 Å². The number of hydrogen-bond donors (Lipinski definition) is 2. The number of nitrogens with one attached hydrogen (secondary N) is 2. The molecule has 4 heterocycles. The Bertz CT molecular complexity index is 1240. The Kier molecular flexibility index (Phi) is 7.79. The van der Waals surface area contributed by atoms with E-state index in [9.17, 15) is 9.59 Å². The first-order valence-electron chi connectivity index (χ1n) is 10.9. The number of methoxy groups -OCH3 is 1. The van der Waals surface area contributed by atoms with Crippen molar-refractivity contribution in [3.8, 4) is 11.5 Å². The number of aryl methyl sites for hydroxylation is 2. The average Bonchev–Trinajstić information content (AvgIpc) is 3.53. The molecule has 0 saturated carbocycles. The van der Waals surface area contributed by atoms with Crippen molar-refractivity contribution in [3.05, 3.63) is 32.1 Å². The first-order chi connectivity index (χ1) is 16.7. The highest BCUT2D eigenvalue weighted by Crippen LogP contribution is 2.35. The normalized spacial score (nSPS) is 18.1. The van der Waals surface area contributed by atoms with Crippen molar-refractivity contribution in [2.75, 3.05) is 31.7 Å². The molecule has 2 N–H and O–H groups in total. The van der Waals surface area contributed by atoms with Gasteiger partial charge in [0.05, 0.1) is 28.2 Å². The van der Waals surface area contributed by atoms with Gasteiger partial charge in [-0.2, -0.15) is 5.10 Å². The molecule has 3 aromatic heterocycles. The number of ether oxygens (including phenoxy) is 2. The van der Waals surface area contributed by atoms with Crippen LogP contribution >= 0.6 is 38.9 Å². The summed E-state index contributed by atoms with van der Waals surface area (Å²) >= 11 is 10.8. The van der Waals surface area contributed by atoms with Crippen molar-refractivity contribution in [1.82, 2.24) is 30.0 Å². The minimum absolute atomic E-state index is 0.222. The lowest BCUT2D eigenvalue weighted by Crippen LogP contribution is -2.55. The number of carbonyl (C=O) groups is 2. The number of anilines is 1. The zero-order valence-corrected chi connectivity index (χ0v) is 22.8. The van der Waals surface area contributed by atoms with Crippen molar-refractivity contribution in [1.29, 1.82) is 0 Å². The van der Waals surface area contributed by atoms with Crippen LogP contribution in [0.4, 0.5) is 5.13 Å². The fourth-order valence-corrected chi connectivity index (χ4v) is 5.61. The summed E-state index contributed by atoms with van der Waals surface area (Å²) in [5, 5.41) is 8.27. The average molecular weight is 587 g/mol. The highest BCUT2D eigenvalue weighted by molar-refractivity contribution is 9.10. The van der Waals surface area contributed by atoms with Crippen LogP contribution in [-0.4, -0.2) is 75.6 Å². The number of thiazole rings is 1. The van der Waals surface area contributed by atoms with Crippen molar-refractivity contribution in [3.63, 3.8) is 0 Å². The molecule has 0 spiro atoms. The van der Waals surface area contributed by atoms with Crippen LogP contribution in [0.1, 0.15) is 39.2 Å². The molecule has 1 aliphatic rings. The number of esters is 1. The number of piperidine rings is 1. The van der Waals surface area contributed by atoms with E-state index in [0.717, 1.165) is 0 Å². The Hall–Kier alpha value is -2.48. The third-order valence-corrected chi connectivity index (χ3v) is 8.32. The summed E-state index contributed by atoms with van der Waals surface area (Å²) < 4.78 is 13.1. The van der Waals surface area contributed by atoms with Gasteiger partial charge in [0, 0.05) is 32.9 Å². The number of rotatable bonds is 7. The van der Waals surface area contributed by atoms with E-state index < -0.39 is 5.97 Å². The van der Waals surface area contributed by atoms with Crippen LogP contribution < -0.4 is 10.2 Å². The van der Waals surface area contributed by atoms with Gasteiger partial charge in [0.1, 0.15) is 22.6 Å². The van der Waals surface area contributed by atoms with E-state index in [1.54, 1.807) is 32.7 Å². The Balaban J connectivity index is 1.54. The fraction of sp³-hybridized carbons (Fsp3) is 0.476. The molecule has 3 aromatic rings. The van der Waals surface area contributed by atoms with Gasteiger partial charge in [-0.1, -0.05) is 22.9 Å². The monoisotopic (exact) mass is 585 g/mol. The summed E-state index contributed by atoms with van der Waals surface area (Å²) in [7, 11) is 3.35. The van der Waals surface area contributed by atoms with Gasteiger partial charge in [0.15, 0.2) is 11.0 Å². The van der Waals surface area contributed by atoms with E-state index in [1.165, 1.54) is 17.7 Å². The van der Waals surface area contributed by atoms with Crippen molar-refractivity contribution >= 4 is 55.9 Å². The lowest BCUT2D eigenvalue weighted by Gasteiger charge is -2.37. The molecule has 4 rings (SSSR count). The van der Waals surface area contributed by atoms with Crippen molar-refractivity contribution < 1.29 is 19.1 Å². The zero-order valence-electron chi connectivity index (χ0n) is 19.6. The van der Waals surface area contributed by atoms with Gasteiger partial charge in [-0.3, -0.25) is 4.79 Å². The number of aromatic nitrogens is 5. The topological polar surface area (TPSA) is 127 Å². The van der Waals surface area contributed by atoms with Gasteiger partial charge >= 0.3 is 5.97 Å². The largest absolute Gasteiger partial charge is 0.462 e. The minimum atomic E-state index is -0.454. The predicted octanol–water partition coefficient (Wildman–Crippen LogP) is 3.19. The van der Waals surface area contributed by atoms with E-state index in [0.29, 0.717) is 61.9 Å². The Morgan fingerprint density at radius 2 is 2.20 bits per heavy atom. The van der Waals surface area contributed by atoms with Crippen LogP contribution in [-0.2, 0) is 16.5 Å². The number of nitrogens with zero attached hydrogens (tertiary/aromatic N) is 5. The van der Waals surface area contributed by atoms with E-state index in [4.69, 9.17) is 26.1 Å². The summed E-state index contributed by atoms with van der Waals surface area (Å²) in [5.41, 5.74) is 1.51. The maximum absolute atomic E-state index is 12.9. The van der Waals surface area contributed by atoms with E-state index >= 15 is 0 Å². The summed E-state index contributed by atoms with van der Waals surface area (Å²) in [4.78, 5) is 39.9. The third-order valence-electron chi connectivity index (χ3n) is 5.73. The number of H-pyrrole nitrogens is 1. The number of hydrogen-bond acceptors (Lipinski definition) is 9. The van der Waals surface area contributed by atoms with Crippen LogP contribution in [0.5, 0.6) is 0 Å². The van der Waals surface area contributed by atoms with Gasteiger partial charge in [0.2, 0.25) is 0 Å². The third kappa shape index (κ3) is 5.08. The minimum Gasteiger partial charge on any atom is -0.462 e. The molecule has 2 atom stereocenters. The molecule has 0 unspecified atom stereocenters. The molecular weight excluding hydrogens is 562 g/mol. The highest BCUT2D eigenvalue weighted by Gasteiger charge is 2.34. The molecule has 0 bridgehead atoms.